The molecule has 8 nitrogen and oxygen atoms in total. The molecule has 0 saturated carbocycles. The summed E-state index contributed by atoms with van der Waals surface area (Å²) >= 11 is 0. The molecule has 1 fully saturated rings. The Bertz CT molecular complexity index is 1660. The van der Waals surface area contributed by atoms with Gasteiger partial charge in [-0.05, 0) is 72.7 Å². The van der Waals surface area contributed by atoms with E-state index in [1.54, 1.807) is 12.1 Å². The Morgan fingerprint density at radius 2 is 1.56 bits per heavy atom. The zero-order valence-corrected chi connectivity index (χ0v) is 29.1. The second kappa shape index (κ2) is 17.9. The van der Waals surface area contributed by atoms with Gasteiger partial charge < -0.3 is 14.2 Å². The second-order valence-corrected chi connectivity index (χ2v) is 13.9. The van der Waals surface area contributed by atoms with E-state index in [2.05, 4.69) is 55.1 Å². The van der Waals surface area contributed by atoms with E-state index in [0.29, 0.717) is 32.3 Å². The number of carbonyl (C=O) groups is 1. The highest BCUT2D eigenvalue weighted by molar-refractivity contribution is 7.85. The monoisotopic (exact) mass is 673 g/mol. The predicted octanol–water partition coefficient (Wildman–Crippen LogP) is 7.43. The molecule has 1 N–H and O–H groups in total. The molecule has 256 valence electrons. The van der Waals surface area contributed by atoms with Gasteiger partial charge in [0.15, 0.2) is 0 Å². The van der Waals surface area contributed by atoms with Crippen LogP contribution in [0.1, 0.15) is 60.6 Å². The van der Waals surface area contributed by atoms with E-state index >= 15 is 0 Å². The summed E-state index contributed by atoms with van der Waals surface area (Å²) in [4.78, 5) is 14.9. The Labute approximate surface area is 285 Å². The van der Waals surface area contributed by atoms with Crippen molar-refractivity contribution in [3.8, 4) is 5.75 Å². The van der Waals surface area contributed by atoms with Crippen LogP contribution < -0.4 is 4.74 Å². The molecule has 1 aliphatic heterocycles. The molecule has 2 atom stereocenters. The SMILES string of the molecule is CC(C)Cc1ccc(C(C)C(=O)OCCN2CCOC(c3ccc(OCc4ccccc4)cc3)C2)cc1.Cc1ccc(S(=O)(=O)O)cc1. The normalized spacial score (nSPS) is 15.7. The molecular formula is C39H47NO7S. The van der Waals surface area contributed by atoms with Gasteiger partial charge in [-0.25, -0.2) is 0 Å². The van der Waals surface area contributed by atoms with Crippen LogP contribution in [-0.4, -0.2) is 56.7 Å². The molecule has 0 aromatic heterocycles. The summed E-state index contributed by atoms with van der Waals surface area (Å²) in [5.41, 5.74) is 5.53. The predicted molar refractivity (Wildman–Crippen MR) is 188 cm³/mol. The maximum atomic E-state index is 12.6. The fraction of sp³-hybridized carbons (Fsp3) is 0.359. The minimum atomic E-state index is -4.02. The van der Waals surface area contributed by atoms with Crippen molar-refractivity contribution in [3.63, 3.8) is 0 Å². The van der Waals surface area contributed by atoms with Crippen molar-refractivity contribution < 1.29 is 32.0 Å². The molecule has 9 heteroatoms. The van der Waals surface area contributed by atoms with Crippen molar-refractivity contribution in [2.45, 2.75) is 57.6 Å². The molecule has 4 aromatic carbocycles. The molecule has 0 aliphatic carbocycles. The lowest BCUT2D eigenvalue weighted by Gasteiger charge is -2.33. The van der Waals surface area contributed by atoms with Gasteiger partial charge in [0, 0.05) is 19.6 Å². The van der Waals surface area contributed by atoms with Crippen molar-refractivity contribution in [3.05, 3.63) is 131 Å². The van der Waals surface area contributed by atoms with Crippen molar-refractivity contribution in [2.24, 2.45) is 5.92 Å². The third kappa shape index (κ3) is 11.9. The molecule has 1 aliphatic rings. The van der Waals surface area contributed by atoms with Crippen LogP contribution in [0.25, 0.3) is 0 Å². The van der Waals surface area contributed by atoms with Crippen LogP contribution in [0.2, 0.25) is 0 Å². The lowest BCUT2D eigenvalue weighted by atomic mass is 9.97. The highest BCUT2D eigenvalue weighted by atomic mass is 32.2. The molecule has 48 heavy (non-hydrogen) atoms. The first-order chi connectivity index (χ1) is 23.0. The number of hydrogen-bond acceptors (Lipinski definition) is 7. The van der Waals surface area contributed by atoms with Crippen LogP contribution >= 0.6 is 0 Å². The first kappa shape index (κ1) is 36.8. The minimum Gasteiger partial charge on any atom is -0.489 e. The number of aryl methyl sites for hydroxylation is 1. The van der Waals surface area contributed by atoms with Crippen LogP contribution in [-0.2, 0) is 37.4 Å². The first-order valence-electron chi connectivity index (χ1n) is 16.4. The third-order valence-electron chi connectivity index (χ3n) is 8.10. The molecule has 0 spiro atoms. The van der Waals surface area contributed by atoms with Crippen LogP contribution in [0.15, 0.2) is 108 Å². The summed E-state index contributed by atoms with van der Waals surface area (Å²) in [6.07, 6.45) is 1.04. The van der Waals surface area contributed by atoms with Crippen LogP contribution in [0, 0.1) is 12.8 Å². The molecule has 2 unspecified atom stereocenters. The Morgan fingerprint density at radius 3 is 2.19 bits per heavy atom. The highest BCUT2D eigenvalue weighted by Gasteiger charge is 2.23. The van der Waals surface area contributed by atoms with Crippen LogP contribution in [0.5, 0.6) is 5.75 Å². The molecular weight excluding hydrogens is 626 g/mol. The number of morpholine rings is 1. The number of nitrogens with zero attached hydrogens (tertiary/aromatic N) is 1. The van der Waals surface area contributed by atoms with Gasteiger partial charge in [0.25, 0.3) is 10.1 Å². The van der Waals surface area contributed by atoms with Gasteiger partial charge in [0.1, 0.15) is 19.0 Å². The maximum absolute atomic E-state index is 12.6. The fourth-order valence-corrected chi connectivity index (χ4v) is 5.77. The van der Waals surface area contributed by atoms with Crippen molar-refractivity contribution in [2.75, 3.05) is 32.8 Å². The highest BCUT2D eigenvalue weighted by Crippen LogP contribution is 2.25. The fourth-order valence-electron chi connectivity index (χ4n) is 5.29. The Hall–Kier alpha value is -4.02. The van der Waals surface area contributed by atoms with Gasteiger partial charge in [-0.15, -0.1) is 0 Å². The van der Waals surface area contributed by atoms with Gasteiger partial charge in [0.05, 0.1) is 23.5 Å². The standard InChI is InChI=1S/C32H39NO4.C7H8O3S/c1-24(2)21-26-9-11-28(12-10-26)25(3)32(34)36-20-18-33-17-19-35-31(22-33)29-13-15-30(16-14-29)37-23-27-7-5-4-6-8-27;1-6-2-4-7(5-3-6)11(8,9)10/h4-16,24-25,31H,17-23H2,1-3H3;2-5H,1H3,(H,8,9,10). The Balaban J connectivity index is 0.000000401. The van der Waals surface area contributed by atoms with E-state index in [1.165, 1.54) is 17.7 Å². The number of rotatable bonds is 12. The number of carbonyl (C=O) groups excluding carboxylic acids is 1. The van der Waals surface area contributed by atoms with Crippen molar-refractivity contribution in [1.29, 1.82) is 0 Å². The topological polar surface area (TPSA) is 102 Å². The van der Waals surface area contributed by atoms with Gasteiger partial charge in [-0.2, -0.15) is 8.42 Å². The van der Waals surface area contributed by atoms with E-state index in [1.807, 2.05) is 56.3 Å². The van der Waals surface area contributed by atoms with Gasteiger partial charge in [-0.1, -0.05) is 98.3 Å². The lowest BCUT2D eigenvalue weighted by Crippen LogP contribution is -2.40. The van der Waals surface area contributed by atoms with E-state index in [0.717, 1.165) is 47.5 Å². The summed E-state index contributed by atoms with van der Waals surface area (Å²) in [7, 11) is -4.02. The smallest absolute Gasteiger partial charge is 0.313 e. The number of hydrogen-bond donors (Lipinski definition) is 1. The van der Waals surface area contributed by atoms with E-state index in [-0.39, 0.29) is 22.9 Å². The number of benzene rings is 4. The number of esters is 1. The van der Waals surface area contributed by atoms with E-state index in [4.69, 9.17) is 18.8 Å². The molecule has 0 bridgehead atoms. The molecule has 0 amide bonds. The Kier molecular flexibility index (Phi) is 13.8. The van der Waals surface area contributed by atoms with Crippen molar-refractivity contribution in [1.82, 2.24) is 4.90 Å². The molecule has 1 heterocycles. The zero-order valence-electron chi connectivity index (χ0n) is 28.2. The average molecular weight is 674 g/mol. The van der Waals surface area contributed by atoms with Gasteiger partial charge in [0.2, 0.25) is 0 Å². The summed E-state index contributed by atoms with van der Waals surface area (Å²) in [6, 6.07) is 32.6. The van der Waals surface area contributed by atoms with Gasteiger partial charge in [-0.3, -0.25) is 14.2 Å². The third-order valence-corrected chi connectivity index (χ3v) is 8.97. The van der Waals surface area contributed by atoms with Gasteiger partial charge >= 0.3 is 5.97 Å². The summed E-state index contributed by atoms with van der Waals surface area (Å²) in [6.45, 7) is 12.1. The van der Waals surface area contributed by atoms with Crippen LogP contribution in [0.4, 0.5) is 0 Å². The molecule has 1 saturated heterocycles. The van der Waals surface area contributed by atoms with Crippen molar-refractivity contribution >= 4 is 16.1 Å². The number of ether oxygens (including phenoxy) is 3. The quantitative estimate of drug-likeness (QED) is 0.122. The minimum absolute atomic E-state index is 0.00379. The van der Waals surface area contributed by atoms with E-state index < -0.39 is 10.1 Å². The summed E-state index contributed by atoms with van der Waals surface area (Å²) in [5, 5.41) is 0. The summed E-state index contributed by atoms with van der Waals surface area (Å²) < 4.78 is 47.1. The summed E-state index contributed by atoms with van der Waals surface area (Å²) in [5.74, 6) is 1.02. The maximum Gasteiger partial charge on any atom is 0.313 e. The molecule has 5 rings (SSSR count). The largest absolute Gasteiger partial charge is 0.489 e. The zero-order chi connectivity index (χ0) is 34.5. The van der Waals surface area contributed by atoms with Crippen LogP contribution in [0.3, 0.4) is 0 Å². The second-order valence-electron chi connectivity index (χ2n) is 12.5. The first-order valence-corrected chi connectivity index (χ1v) is 17.8. The molecule has 0 radical (unpaired) electrons. The lowest BCUT2D eigenvalue weighted by molar-refractivity contribution is -0.146. The van der Waals surface area contributed by atoms with E-state index in [9.17, 15) is 13.2 Å². The molecule has 4 aromatic rings. The average Bonchev–Trinajstić information content (AvgIpc) is 3.08. The Morgan fingerprint density at radius 1 is 0.896 bits per heavy atom.